The number of benzene rings is 1. The second-order valence-corrected chi connectivity index (χ2v) is 6.80. The van der Waals surface area contributed by atoms with E-state index in [1.807, 2.05) is 0 Å². The fraction of sp³-hybridized carbons (Fsp3) is 0.667. The van der Waals surface area contributed by atoms with Crippen molar-refractivity contribution >= 4 is 0 Å². The molecule has 2 aliphatic rings. The highest BCUT2D eigenvalue weighted by atomic mass is 16.5. The molecule has 1 saturated heterocycles. The van der Waals surface area contributed by atoms with E-state index in [0.29, 0.717) is 11.5 Å². The number of nitrogens with two attached hydrogens (primary N) is 1. The van der Waals surface area contributed by atoms with Crippen LogP contribution < -0.4 is 10.5 Å². The average molecular weight is 288 g/mol. The monoisotopic (exact) mass is 288 g/mol. The van der Waals surface area contributed by atoms with Crippen molar-refractivity contribution in [2.24, 2.45) is 11.1 Å². The molecule has 0 aromatic heterocycles. The summed E-state index contributed by atoms with van der Waals surface area (Å²) in [4.78, 5) is 2.61. The Hall–Kier alpha value is -1.06. The molecule has 1 aliphatic heterocycles. The van der Waals surface area contributed by atoms with Crippen LogP contribution in [0.15, 0.2) is 24.3 Å². The molecule has 1 spiro atoms. The number of nitrogens with zero attached hydrogens (tertiary/aromatic N) is 1. The minimum atomic E-state index is 0.459. The first kappa shape index (κ1) is 14.9. The van der Waals surface area contributed by atoms with Gasteiger partial charge in [-0.15, -0.1) is 0 Å². The Bertz CT molecular complexity index is 449. The van der Waals surface area contributed by atoms with Crippen molar-refractivity contribution in [3.05, 3.63) is 29.8 Å². The zero-order chi connectivity index (χ0) is 14.7. The van der Waals surface area contributed by atoms with Gasteiger partial charge in [0.15, 0.2) is 0 Å². The summed E-state index contributed by atoms with van der Waals surface area (Å²) in [6.07, 6.45) is 7.68. The summed E-state index contributed by atoms with van der Waals surface area (Å²) >= 11 is 0. The molecular formula is C18H28N2O. The van der Waals surface area contributed by atoms with Crippen molar-refractivity contribution in [2.75, 3.05) is 26.7 Å². The fourth-order valence-corrected chi connectivity index (χ4v) is 4.09. The smallest absolute Gasteiger partial charge is 0.118 e. The Kier molecular flexibility index (Phi) is 4.51. The van der Waals surface area contributed by atoms with Gasteiger partial charge in [-0.3, -0.25) is 0 Å². The van der Waals surface area contributed by atoms with Gasteiger partial charge in [-0.25, -0.2) is 0 Å². The summed E-state index contributed by atoms with van der Waals surface area (Å²) < 4.78 is 5.20. The maximum Gasteiger partial charge on any atom is 0.118 e. The lowest BCUT2D eigenvalue weighted by molar-refractivity contribution is 0.0959. The van der Waals surface area contributed by atoms with Crippen molar-refractivity contribution in [3.63, 3.8) is 0 Å². The molecule has 1 heterocycles. The van der Waals surface area contributed by atoms with E-state index in [-0.39, 0.29) is 0 Å². The first-order chi connectivity index (χ1) is 10.2. The van der Waals surface area contributed by atoms with Crippen molar-refractivity contribution in [1.29, 1.82) is 0 Å². The van der Waals surface area contributed by atoms with E-state index in [9.17, 15) is 0 Å². The van der Waals surface area contributed by atoms with E-state index in [0.717, 1.165) is 18.7 Å². The van der Waals surface area contributed by atoms with Crippen LogP contribution >= 0.6 is 0 Å². The van der Waals surface area contributed by atoms with Crippen molar-refractivity contribution < 1.29 is 4.74 Å². The molecule has 0 amide bonds. The normalized spacial score (nSPS) is 25.3. The molecule has 3 heteroatoms. The summed E-state index contributed by atoms with van der Waals surface area (Å²) in [5, 5.41) is 0. The summed E-state index contributed by atoms with van der Waals surface area (Å²) in [7, 11) is 1.71. The molecule has 2 N–H and O–H groups in total. The third kappa shape index (κ3) is 3.24. The van der Waals surface area contributed by atoms with Crippen LogP contribution in [0.4, 0.5) is 0 Å². The summed E-state index contributed by atoms with van der Waals surface area (Å²) in [6.45, 7) is 3.62. The molecule has 1 aromatic carbocycles. The molecule has 1 atom stereocenters. The number of rotatable bonds is 4. The molecule has 1 aromatic rings. The van der Waals surface area contributed by atoms with Crippen LogP contribution in [0.5, 0.6) is 5.75 Å². The number of ether oxygens (including phenoxy) is 1. The van der Waals surface area contributed by atoms with Crippen LogP contribution in [0.3, 0.4) is 0 Å². The maximum absolute atomic E-state index is 6.35. The summed E-state index contributed by atoms with van der Waals surface area (Å²) in [6, 6.07) is 8.92. The van der Waals surface area contributed by atoms with Crippen molar-refractivity contribution in [1.82, 2.24) is 4.90 Å². The van der Waals surface area contributed by atoms with E-state index in [1.54, 1.807) is 7.11 Å². The molecule has 0 radical (unpaired) electrons. The van der Waals surface area contributed by atoms with Gasteiger partial charge in [0, 0.05) is 12.6 Å². The van der Waals surface area contributed by atoms with Gasteiger partial charge >= 0.3 is 0 Å². The standard InChI is InChI=1S/C18H28N2O/c1-21-16-6-4-15(5-7-16)8-12-20-13-10-18(11-14-20)9-2-3-17(18)19/h4-7,17H,2-3,8-14,19H2,1H3/t17-/m1/s1. The number of methoxy groups -OCH3 is 1. The third-order valence-electron chi connectivity index (χ3n) is 5.70. The predicted octanol–water partition coefficient (Wildman–Crippen LogP) is 2.83. The zero-order valence-electron chi connectivity index (χ0n) is 13.2. The van der Waals surface area contributed by atoms with Gasteiger partial charge < -0.3 is 15.4 Å². The highest BCUT2D eigenvalue weighted by molar-refractivity contribution is 5.27. The van der Waals surface area contributed by atoms with E-state index in [2.05, 4.69) is 29.2 Å². The van der Waals surface area contributed by atoms with Gasteiger partial charge in [0.05, 0.1) is 7.11 Å². The lowest BCUT2D eigenvalue weighted by atomic mass is 9.74. The highest BCUT2D eigenvalue weighted by Crippen LogP contribution is 2.45. The fourth-order valence-electron chi connectivity index (χ4n) is 4.09. The number of likely N-dealkylation sites (tertiary alicyclic amines) is 1. The largest absolute Gasteiger partial charge is 0.497 e. The molecule has 116 valence electrons. The van der Waals surface area contributed by atoms with Gasteiger partial charge in [0.1, 0.15) is 5.75 Å². The third-order valence-corrected chi connectivity index (χ3v) is 5.70. The lowest BCUT2D eigenvalue weighted by Gasteiger charge is -2.42. The Morgan fingerprint density at radius 2 is 1.90 bits per heavy atom. The van der Waals surface area contributed by atoms with Crippen molar-refractivity contribution in [2.45, 2.75) is 44.6 Å². The minimum Gasteiger partial charge on any atom is -0.497 e. The van der Waals surface area contributed by atoms with Gasteiger partial charge in [-0.1, -0.05) is 18.6 Å². The topological polar surface area (TPSA) is 38.5 Å². The quantitative estimate of drug-likeness (QED) is 0.926. The second kappa shape index (κ2) is 6.37. The van der Waals surface area contributed by atoms with Crippen molar-refractivity contribution in [3.8, 4) is 5.75 Å². The van der Waals surface area contributed by atoms with Gasteiger partial charge in [-0.05, 0) is 68.3 Å². The second-order valence-electron chi connectivity index (χ2n) is 6.80. The number of piperidine rings is 1. The maximum atomic E-state index is 6.35. The Morgan fingerprint density at radius 3 is 2.48 bits per heavy atom. The molecule has 3 nitrogen and oxygen atoms in total. The molecule has 2 fully saturated rings. The molecular weight excluding hydrogens is 260 g/mol. The first-order valence-electron chi connectivity index (χ1n) is 8.33. The molecule has 0 unspecified atom stereocenters. The highest BCUT2D eigenvalue weighted by Gasteiger charge is 2.42. The van der Waals surface area contributed by atoms with Crippen LogP contribution in [-0.2, 0) is 6.42 Å². The predicted molar refractivity (Wildman–Crippen MR) is 86.6 cm³/mol. The Morgan fingerprint density at radius 1 is 1.19 bits per heavy atom. The summed E-state index contributed by atoms with van der Waals surface area (Å²) in [5.74, 6) is 0.939. The van der Waals surface area contributed by atoms with Crippen LogP contribution in [0.2, 0.25) is 0 Å². The number of hydrogen-bond donors (Lipinski definition) is 1. The molecule has 3 rings (SSSR count). The van der Waals surface area contributed by atoms with Crippen LogP contribution in [0.25, 0.3) is 0 Å². The van der Waals surface area contributed by atoms with Gasteiger partial charge in [-0.2, -0.15) is 0 Å². The van der Waals surface area contributed by atoms with E-state index >= 15 is 0 Å². The van der Waals surface area contributed by atoms with Crippen LogP contribution in [0, 0.1) is 5.41 Å². The van der Waals surface area contributed by atoms with E-state index in [4.69, 9.17) is 10.5 Å². The van der Waals surface area contributed by atoms with Gasteiger partial charge in [0.2, 0.25) is 0 Å². The minimum absolute atomic E-state index is 0.459. The molecule has 1 saturated carbocycles. The van der Waals surface area contributed by atoms with Gasteiger partial charge in [0.25, 0.3) is 0 Å². The van der Waals surface area contributed by atoms with Crippen LogP contribution in [0.1, 0.15) is 37.7 Å². The molecule has 1 aliphatic carbocycles. The van der Waals surface area contributed by atoms with E-state index < -0.39 is 0 Å². The SMILES string of the molecule is COc1ccc(CCN2CCC3(CCC[C@H]3N)CC2)cc1. The molecule has 21 heavy (non-hydrogen) atoms. The average Bonchev–Trinajstić information content (AvgIpc) is 2.88. The Balaban J connectivity index is 1.47. The lowest BCUT2D eigenvalue weighted by Crippen LogP contribution is -2.47. The van der Waals surface area contributed by atoms with Crippen LogP contribution in [-0.4, -0.2) is 37.7 Å². The zero-order valence-corrected chi connectivity index (χ0v) is 13.2. The van der Waals surface area contributed by atoms with E-state index in [1.165, 1.54) is 50.8 Å². The first-order valence-corrected chi connectivity index (χ1v) is 8.33. The Labute approximate surface area is 128 Å². The molecule has 0 bridgehead atoms. The number of hydrogen-bond acceptors (Lipinski definition) is 3. The summed E-state index contributed by atoms with van der Waals surface area (Å²) in [5.41, 5.74) is 8.23.